The summed E-state index contributed by atoms with van der Waals surface area (Å²) < 4.78 is 5.68. The molecule has 138 valence electrons. The second-order valence-corrected chi connectivity index (χ2v) is 7.15. The van der Waals surface area contributed by atoms with E-state index in [1.165, 1.54) is 0 Å². The summed E-state index contributed by atoms with van der Waals surface area (Å²) >= 11 is 6.05. The van der Waals surface area contributed by atoms with Crippen LogP contribution in [-0.2, 0) is 0 Å². The first-order chi connectivity index (χ1) is 12.6. The van der Waals surface area contributed by atoms with Gasteiger partial charge in [0.2, 0.25) is 0 Å². The van der Waals surface area contributed by atoms with Crippen LogP contribution in [0.5, 0.6) is 5.75 Å². The summed E-state index contributed by atoms with van der Waals surface area (Å²) in [5.74, 6) is 1.72. The molecule has 1 unspecified atom stereocenters. The minimum atomic E-state index is -0.674. The van der Waals surface area contributed by atoms with E-state index in [2.05, 4.69) is 26.9 Å². The van der Waals surface area contributed by atoms with Gasteiger partial charge in [0.25, 0.3) is 0 Å². The van der Waals surface area contributed by atoms with E-state index in [-0.39, 0.29) is 0 Å². The zero-order valence-electron chi connectivity index (χ0n) is 14.8. The molecule has 2 aliphatic heterocycles. The van der Waals surface area contributed by atoms with Gasteiger partial charge in [-0.2, -0.15) is 0 Å². The number of piperazine rings is 1. The van der Waals surface area contributed by atoms with Gasteiger partial charge in [-0.3, -0.25) is 4.90 Å². The molecule has 1 aromatic heterocycles. The van der Waals surface area contributed by atoms with Gasteiger partial charge in [0.1, 0.15) is 18.2 Å². The molecule has 1 aromatic carbocycles. The average Bonchev–Trinajstić information content (AvgIpc) is 2.67. The Morgan fingerprint density at radius 1 is 1.12 bits per heavy atom. The number of hydrogen-bond donors (Lipinski definition) is 1. The third-order valence-electron chi connectivity index (χ3n) is 4.96. The van der Waals surface area contributed by atoms with Gasteiger partial charge >= 0.3 is 0 Å². The number of fused-ring (bicyclic) bond motifs is 1. The summed E-state index contributed by atoms with van der Waals surface area (Å²) in [4.78, 5) is 10.8. The molecule has 1 fully saturated rings. The highest BCUT2D eigenvalue weighted by molar-refractivity contribution is 6.30. The van der Waals surface area contributed by atoms with Crippen molar-refractivity contribution in [1.29, 1.82) is 0 Å². The number of benzene rings is 1. The molecule has 0 radical (unpaired) electrons. The van der Waals surface area contributed by atoms with Crippen molar-refractivity contribution in [3.05, 3.63) is 47.1 Å². The van der Waals surface area contributed by atoms with Crippen LogP contribution in [0.3, 0.4) is 0 Å². The van der Waals surface area contributed by atoms with Gasteiger partial charge in [0, 0.05) is 43.5 Å². The number of aromatic nitrogens is 1. The fraction of sp³-hybridized carbons (Fsp3) is 0.421. The summed E-state index contributed by atoms with van der Waals surface area (Å²) in [6.07, 6.45) is 1.22. The fourth-order valence-electron chi connectivity index (χ4n) is 3.48. The molecule has 26 heavy (non-hydrogen) atoms. The number of aryl methyl sites for hydroxylation is 1. The maximum atomic E-state index is 10.9. The molecule has 1 N–H and O–H groups in total. The van der Waals surface area contributed by atoms with Crippen LogP contribution in [0.2, 0.25) is 5.02 Å². The molecule has 6 nitrogen and oxygen atoms in total. The van der Waals surface area contributed by atoms with Gasteiger partial charge in [-0.25, -0.2) is 4.98 Å². The van der Waals surface area contributed by atoms with Crippen LogP contribution in [-0.4, -0.2) is 60.7 Å². The van der Waals surface area contributed by atoms with E-state index in [1.54, 1.807) is 6.07 Å². The lowest BCUT2D eigenvalue weighted by Crippen LogP contribution is -2.57. The summed E-state index contributed by atoms with van der Waals surface area (Å²) in [5, 5.41) is 11.6. The number of rotatable bonds is 3. The van der Waals surface area contributed by atoms with Gasteiger partial charge < -0.3 is 19.6 Å². The number of pyridine rings is 1. The fourth-order valence-corrected chi connectivity index (χ4v) is 3.64. The first-order valence-electron chi connectivity index (χ1n) is 8.90. The molecule has 2 aliphatic rings. The lowest BCUT2D eigenvalue weighted by atomic mass is 10.2. The maximum absolute atomic E-state index is 10.9. The Morgan fingerprint density at radius 3 is 2.65 bits per heavy atom. The van der Waals surface area contributed by atoms with Crippen LogP contribution >= 0.6 is 11.6 Å². The third kappa shape index (κ3) is 3.45. The van der Waals surface area contributed by atoms with Crippen molar-refractivity contribution in [3.63, 3.8) is 0 Å². The molecule has 0 bridgehead atoms. The third-order valence-corrected chi connectivity index (χ3v) is 5.20. The lowest BCUT2D eigenvalue weighted by molar-refractivity contribution is -0.00558. The van der Waals surface area contributed by atoms with E-state index in [0.717, 1.165) is 49.0 Å². The van der Waals surface area contributed by atoms with Crippen molar-refractivity contribution in [2.75, 3.05) is 49.1 Å². The molecule has 0 amide bonds. The highest BCUT2D eigenvalue weighted by atomic mass is 35.5. The van der Waals surface area contributed by atoms with Crippen molar-refractivity contribution in [1.82, 2.24) is 9.88 Å². The van der Waals surface area contributed by atoms with E-state index >= 15 is 0 Å². The molecule has 0 spiro atoms. The Kier molecular flexibility index (Phi) is 4.89. The highest BCUT2D eigenvalue weighted by Crippen LogP contribution is 2.35. The number of aliphatic hydroxyl groups is 1. The molecule has 3 heterocycles. The number of hydrogen-bond acceptors (Lipinski definition) is 6. The average molecular weight is 375 g/mol. The standard InChI is InChI=1S/C19H23ClN4O2/c1-14-2-5-18(21-13-14)22-6-8-23(9-7-22)19(25)24-10-11-26-17-12-15(20)3-4-16(17)24/h2-5,12-13,19,25H,6-11H2,1H3. The Labute approximate surface area is 158 Å². The molecule has 2 aromatic rings. The highest BCUT2D eigenvalue weighted by Gasteiger charge is 2.30. The summed E-state index contributed by atoms with van der Waals surface area (Å²) in [6.45, 7) is 6.45. The van der Waals surface area contributed by atoms with Gasteiger partial charge in [-0.05, 0) is 30.7 Å². The normalized spacial score (nSPS) is 19.0. The number of aliphatic hydroxyl groups excluding tert-OH is 1. The van der Waals surface area contributed by atoms with E-state index in [4.69, 9.17) is 16.3 Å². The van der Waals surface area contributed by atoms with E-state index < -0.39 is 6.35 Å². The molecular formula is C19H23ClN4O2. The van der Waals surface area contributed by atoms with Gasteiger partial charge in [-0.1, -0.05) is 17.7 Å². The lowest BCUT2D eigenvalue weighted by Gasteiger charge is -2.43. The Balaban J connectivity index is 1.43. The first-order valence-corrected chi connectivity index (χ1v) is 9.28. The Morgan fingerprint density at radius 2 is 1.92 bits per heavy atom. The summed E-state index contributed by atoms with van der Waals surface area (Å²) in [6, 6.07) is 9.68. The minimum Gasteiger partial charge on any atom is -0.490 e. The van der Waals surface area contributed by atoms with Crippen molar-refractivity contribution in [2.45, 2.75) is 13.3 Å². The number of ether oxygens (including phenoxy) is 1. The van der Waals surface area contributed by atoms with Crippen molar-refractivity contribution >= 4 is 23.1 Å². The van der Waals surface area contributed by atoms with E-state index in [0.29, 0.717) is 18.2 Å². The zero-order chi connectivity index (χ0) is 18.1. The Bertz CT molecular complexity index is 763. The molecule has 1 saturated heterocycles. The maximum Gasteiger partial charge on any atom is 0.186 e. The molecular weight excluding hydrogens is 352 g/mol. The van der Waals surface area contributed by atoms with Crippen LogP contribution in [0, 0.1) is 6.92 Å². The van der Waals surface area contributed by atoms with Crippen molar-refractivity contribution < 1.29 is 9.84 Å². The molecule has 1 atom stereocenters. The number of anilines is 2. The second kappa shape index (κ2) is 7.31. The zero-order valence-corrected chi connectivity index (χ0v) is 15.6. The quantitative estimate of drug-likeness (QED) is 0.890. The summed E-state index contributed by atoms with van der Waals surface area (Å²) in [5.41, 5.74) is 2.05. The first kappa shape index (κ1) is 17.4. The van der Waals surface area contributed by atoms with Gasteiger partial charge in [-0.15, -0.1) is 0 Å². The van der Waals surface area contributed by atoms with E-state index in [9.17, 15) is 5.11 Å². The van der Waals surface area contributed by atoms with Gasteiger partial charge in [0.05, 0.1) is 12.2 Å². The predicted octanol–water partition coefficient (Wildman–Crippen LogP) is 2.34. The Hall–Kier alpha value is -2.02. The monoisotopic (exact) mass is 374 g/mol. The van der Waals surface area contributed by atoms with Crippen LogP contribution in [0.4, 0.5) is 11.5 Å². The number of halogens is 1. The van der Waals surface area contributed by atoms with Crippen LogP contribution in [0.15, 0.2) is 36.5 Å². The van der Waals surface area contributed by atoms with Crippen molar-refractivity contribution in [3.8, 4) is 5.75 Å². The largest absolute Gasteiger partial charge is 0.490 e. The predicted molar refractivity (Wildman–Crippen MR) is 103 cm³/mol. The van der Waals surface area contributed by atoms with Crippen LogP contribution in [0.25, 0.3) is 0 Å². The molecule has 4 rings (SSSR count). The van der Waals surface area contributed by atoms with Crippen LogP contribution < -0.4 is 14.5 Å². The van der Waals surface area contributed by atoms with Crippen molar-refractivity contribution in [2.24, 2.45) is 0 Å². The summed E-state index contributed by atoms with van der Waals surface area (Å²) in [7, 11) is 0. The molecule has 0 saturated carbocycles. The minimum absolute atomic E-state index is 0.539. The molecule has 7 heteroatoms. The smallest absolute Gasteiger partial charge is 0.186 e. The number of nitrogens with zero attached hydrogens (tertiary/aromatic N) is 4. The van der Waals surface area contributed by atoms with Crippen LogP contribution in [0.1, 0.15) is 5.56 Å². The van der Waals surface area contributed by atoms with Gasteiger partial charge in [0.15, 0.2) is 6.35 Å². The van der Waals surface area contributed by atoms with E-state index in [1.807, 2.05) is 30.2 Å². The SMILES string of the molecule is Cc1ccc(N2CCN(C(O)N3CCOc4cc(Cl)ccc43)CC2)nc1. The topological polar surface area (TPSA) is 52.1 Å². The molecule has 0 aliphatic carbocycles. The second-order valence-electron chi connectivity index (χ2n) is 6.72.